The van der Waals surface area contributed by atoms with E-state index in [4.69, 9.17) is 4.74 Å². The molecule has 0 aliphatic rings. The molecule has 1 rings (SSSR count). The van der Waals surface area contributed by atoms with E-state index in [9.17, 15) is 0 Å². The molecule has 0 unspecified atom stereocenters. The van der Waals surface area contributed by atoms with Gasteiger partial charge in [0.15, 0.2) is 5.96 Å². The number of hydrogen-bond donors (Lipinski definition) is 2. The summed E-state index contributed by atoms with van der Waals surface area (Å²) >= 11 is 0. The average molecular weight is 419 g/mol. The van der Waals surface area contributed by atoms with Crippen molar-refractivity contribution in [3.63, 3.8) is 0 Å². The lowest BCUT2D eigenvalue weighted by molar-refractivity contribution is 0.317. The van der Waals surface area contributed by atoms with Gasteiger partial charge in [0.2, 0.25) is 0 Å². The summed E-state index contributed by atoms with van der Waals surface area (Å²) in [5.74, 6) is 1.78. The van der Waals surface area contributed by atoms with Crippen LogP contribution in [0.15, 0.2) is 29.3 Å². The largest absolute Gasteiger partial charge is 0.494 e. The molecule has 0 aromatic heterocycles. The fourth-order valence-electron chi connectivity index (χ4n) is 1.87. The lowest BCUT2D eigenvalue weighted by Gasteiger charge is -2.23. The van der Waals surface area contributed by atoms with Crippen LogP contribution < -0.4 is 15.4 Å². The summed E-state index contributed by atoms with van der Waals surface area (Å²) in [5, 5.41) is 6.68. The van der Waals surface area contributed by atoms with E-state index in [2.05, 4.69) is 55.5 Å². The van der Waals surface area contributed by atoms with E-state index in [1.807, 2.05) is 12.1 Å². The molecule has 0 aliphatic heterocycles. The highest BCUT2D eigenvalue weighted by Gasteiger charge is 2.11. The molecule has 126 valence electrons. The highest BCUT2D eigenvalue weighted by molar-refractivity contribution is 14.0. The lowest BCUT2D eigenvalue weighted by Crippen LogP contribution is -2.48. The van der Waals surface area contributed by atoms with Gasteiger partial charge in [-0.1, -0.05) is 19.1 Å². The maximum absolute atomic E-state index is 5.65. The van der Waals surface area contributed by atoms with Crippen LogP contribution in [0.1, 0.15) is 39.7 Å². The maximum Gasteiger partial charge on any atom is 0.191 e. The first kappa shape index (κ1) is 21.0. The normalized spacial score (nSPS) is 11.6. The van der Waals surface area contributed by atoms with Crippen LogP contribution in [0.4, 0.5) is 0 Å². The summed E-state index contributed by atoms with van der Waals surface area (Å²) < 4.78 is 5.65. The number of hydrogen-bond acceptors (Lipinski definition) is 2. The van der Waals surface area contributed by atoms with Gasteiger partial charge in [0.05, 0.1) is 6.61 Å². The first-order valence-corrected chi connectivity index (χ1v) is 7.65. The van der Waals surface area contributed by atoms with E-state index in [1.165, 1.54) is 5.56 Å². The Morgan fingerprint density at radius 1 is 1.27 bits per heavy atom. The molecule has 0 fully saturated rings. The highest BCUT2D eigenvalue weighted by Crippen LogP contribution is 2.13. The predicted molar refractivity (Wildman–Crippen MR) is 106 cm³/mol. The second-order valence-electron chi connectivity index (χ2n) is 6.12. The third-order valence-corrected chi connectivity index (χ3v) is 2.79. The minimum Gasteiger partial charge on any atom is -0.494 e. The quantitative estimate of drug-likeness (QED) is 0.421. The second-order valence-corrected chi connectivity index (χ2v) is 6.12. The summed E-state index contributed by atoms with van der Waals surface area (Å²) in [4.78, 5) is 4.23. The molecule has 1 aromatic carbocycles. The standard InChI is InChI=1S/C17H29N3O.HI/c1-6-12-21-15-9-7-8-14(13-15)10-11-19-16(18-5)20-17(2,3)4;/h7-9,13H,6,10-12H2,1-5H3,(H2,18,19,20);1H. The predicted octanol–water partition coefficient (Wildman–Crippen LogP) is 3.60. The molecule has 0 radical (unpaired) electrons. The van der Waals surface area contributed by atoms with Gasteiger partial charge >= 0.3 is 0 Å². The molecule has 0 atom stereocenters. The molecule has 2 N–H and O–H groups in total. The lowest BCUT2D eigenvalue weighted by atomic mass is 10.1. The van der Waals surface area contributed by atoms with Gasteiger partial charge < -0.3 is 15.4 Å². The van der Waals surface area contributed by atoms with Gasteiger partial charge in [-0.15, -0.1) is 24.0 Å². The van der Waals surface area contributed by atoms with Gasteiger partial charge in [0.1, 0.15) is 5.75 Å². The molecule has 0 saturated heterocycles. The van der Waals surface area contributed by atoms with Crippen molar-refractivity contribution in [3.05, 3.63) is 29.8 Å². The molecule has 0 bridgehead atoms. The number of benzene rings is 1. The van der Waals surface area contributed by atoms with Gasteiger partial charge in [0.25, 0.3) is 0 Å². The zero-order valence-electron chi connectivity index (χ0n) is 14.4. The topological polar surface area (TPSA) is 45.6 Å². The fourth-order valence-corrected chi connectivity index (χ4v) is 1.87. The van der Waals surface area contributed by atoms with Crippen LogP contribution in [0.3, 0.4) is 0 Å². The van der Waals surface area contributed by atoms with Crippen LogP contribution >= 0.6 is 24.0 Å². The van der Waals surface area contributed by atoms with Crippen LogP contribution in [-0.2, 0) is 6.42 Å². The molecular formula is C17H30IN3O. The summed E-state index contributed by atoms with van der Waals surface area (Å²) in [6, 6.07) is 8.28. The number of aliphatic imine (C=N–C) groups is 1. The Kier molecular flexibility index (Phi) is 10.2. The van der Waals surface area contributed by atoms with Crippen LogP contribution in [0, 0.1) is 0 Å². The van der Waals surface area contributed by atoms with Crippen molar-refractivity contribution >= 4 is 29.9 Å². The third-order valence-electron chi connectivity index (χ3n) is 2.79. The second kappa shape index (κ2) is 10.7. The van der Waals surface area contributed by atoms with Crippen molar-refractivity contribution in [3.8, 4) is 5.75 Å². The molecule has 5 heteroatoms. The molecule has 0 spiro atoms. The summed E-state index contributed by atoms with van der Waals surface area (Å²) in [5.41, 5.74) is 1.28. The molecule has 0 saturated carbocycles. The molecule has 1 aromatic rings. The van der Waals surface area contributed by atoms with Crippen molar-refractivity contribution in [2.75, 3.05) is 20.2 Å². The number of nitrogens with one attached hydrogen (secondary N) is 2. The van der Waals surface area contributed by atoms with Crippen molar-refractivity contribution < 1.29 is 4.74 Å². The number of rotatable bonds is 6. The fraction of sp³-hybridized carbons (Fsp3) is 0.588. The van der Waals surface area contributed by atoms with Crippen molar-refractivity contribution in [2.45, 2.75) is 46.1 Å². The van der Waals surface area contributed by atoms with E-state index in [0.29, 0.717) is 0 Å². The van der Waals surface area contributed by atoms with E-state index in [1.54, 1.807) is 7.05 Å². The number of halogens is 1. The van der Waals surface area contributed by atoms with E-state index in [-0.39, 0.29) is 29.5 Å². The molecule has 4 nitrogen and oxygen atoms in total. The Labute approximate surface area is 152 Å². The van der Waals surface area contributed by atoms with Gasteiger partial charge in [-0.05, 0) is 51.3 Å². The van der Waals surface area contributed by atoms with Crippen LogP contribution in [0.5, 0.6) is 5.75 Å². The SMILES string of the molecule is CCCOc1cccc(CCNC(=NC)NC(C)(C)C)c1.I. The first-order chi connectivity index (χ1) is 9.94. The monoisotopic (exact) mass is 419 g/mol. The Hall–Kier alpha value is -0.980. The zero-order chi connectivity index (χ0) is 15.7. The first-order valence-electron chi connectivity index (χ1n) is 7.65. The summed E-state index contributed by atoms with van der Waals surface area (Å²) in [6.07, 6.45) is 1.97. The third kappa shape index (κ3) is 9.12. The molecule has 0 heterocycles. The van der Waals surface area contributed by atoms with E-state index in [0.717, 1.165) is 37.7 Å². The molecule has 22 heavy (non-hydrogen) atoms. The van der Waals surface area contributed by atoms with E-state index < -0.39 is 0 Å². The van der Waals surface area contributed by atoms with Crippen molar-refractivity contribution in [1.29, 1.82) is 0 Å². The molecule has 0 amide bonds. The van der Waals surface area contributed by atoms with Crippen molar-refractivity contribution in [2.24, 2.45) is 4.99 Å². The number of ether oxygens (including phenoxy) is 1. The molecule has 0 aliphatic carbocycles. The van der Waals surface area contributed by atoms with Gasteiger partial charge in [-0.2, -0.15) is 0 Å². The summed E-state index contributed by atoms with van der Waals surface area (Å²) in [6.45, 7) is 10.1. The van der Waals surface area contributed by atoms with Crippen LogP contribution in [0.2, 0.25) is 0 Å². The zero-order valence-corrected chi connectivity index (χ0v) is 16.7. The minimum absolute atomic E-state index is 0. The minimum atomic E-state index is 0. The van der Waals surface area contributed by atoms with Gasteiger partial charge in [-0.25, -0.2) is 0 Å². The van der Waals surface area contributed by atoms with E-state index >= 15 is 0 Å². The number of guanidine groups is 1. The Morgan fingerprint density at radius 3 is 2.59 bits per heavy atom. The smallest absolute Gasteiger partial charge is 0.191 e. The van der Waals surface area contributed by atoms with Crippen LogP contribution in [-0.4, -0.2) is 31.7 Å². The Balaban J connectivity index is 0.00000441. The Morgan fingerprint density at radius 2 is 2.00 bits per heavy atom. The molecular weight excluding hydrogens is 389 g/mol. The average Bonchev–Trinajstić information content (AvgIpc) is 2.43. The summed E-state index contributed by atoms with van der Waals surface area (Å²) in [7, 11) is 1.79. The van der Waals surface area contributed by atoms with Crippen LogP contribution in [0.25, 0.3) is 0 Å². The van der Waals surface area contributed by atoms with Crippen molar-refractivity contribution in [1.82, 2.24) is 10.6 Å². The van der Waals surface area contributed by atoms with Gasteiger partial charge in [0, 0.05) is 19.1 Å². The van der Waals surface area contributed by atoms with Gasteiger partial charge in [-0.3, -0.25) is 4.99 Å². The Bertz CT molecular complexity index is 455. The maximum atomic E-state index is 5.65. The highest BCUT2D eigenvalue weighted by atomic mass is 127. The number of nitrogens with zero attached hydrogens (tertiary/aromatic N) is 1.